The molecular weight excluding hydrogens is 316 g/mol. The van der Waals surface area contributed by atoms with Crippen molar-refractivity contribution >= 4 is 21.8 Å². The quantitative estimate of drug-likeness (QED) is 0.838. The summed E-state index contributed by atoms with van der Waals surface area (Å²) in [6, 6.07) is 11.7. The molecule has 102 valence electrons. The zero-order valence-electron chi connectivity index (χ0n) is 11.0. The molecule has 1 aliphatic heterocycles. The summed E-state index contributed by atoms with van der Waals surface area (Å²) in [7, 11) is 0. The Hall–Kier alpha value is -1.68. The molecule has 20 heavy (non-hydrogen) atoms. The van der Waals surface area contributed by atoms with Crippen LogP contribution < -0.4 is 0 Å². The zero-order chi connectivity index (χ0) is 13.9. The highest BCUT2D eigenvalue weighted by molar-refractivity contribution is 9.10. The van der Waals surface area contributed by atoms with Gasteiger partial charge in [0.1, 0.15) is 0 Å². The second kappa shape index (κ2) is 5.75. The van der Waals surface area contributed by atoms with Crippen LogP contribution in [0.15, 0.2) is 53.3 Å². The van der Waals surface area contributed by atoms with Gasteiger partial charge in [0.2, 0.25) is 0 Å². The molecule has 4 heteroatoms. The van der Waals surface area contributed by atoms with Crippen molar-refractivity contribution in [1.82, 2.24) is 9.88 Å². The summed E-state index contributed by atoms with van der Waals surface area (Å²) < 4.78 is 0.931. The van der Waals surface area contributed by atoms with Crippen molar-refractivity contribution in [2.75, 3.05) is 6.54 Å². The molecule has 1 aromatic heterocycles. The molecule has 1 atom stereocenters. The summed E-state index contributed by atoms with van der Waals surface area (Å²) >= 11 is 3.42. The van der Waals surface area contributed by atoms with Crippen molar-refractivity contribution in [3.8, 4) is 0 Å². The molecule has 1 saturated heterocycles. The minimum Gasteiger partial charge on any atom is -0.332 e. The van der Waals surface area contributed by atoms with Gasteiger partial charge in [-0.05, 0) is 42.7 Å². The molecule has 1 unspecified atom stereocenters. The fourth-order valence-electron chi connectivity index (χ4n) is 2.72. The summed E-state index contributed by atoms with van der Waals surface area (Å²) in [5, 5.41) is 0. The van der Waals surface area contributed by atoms with Crippen molar-refractivity contribution < 1.29 is 4.79 Å². The van der Waals surface area contributed by atoms with Crippen LogP contribution >= 0.6 is 15.9 Å². The molecule has 1 aromatic carbocycles. The predicted molar refractivity (Wildman–Crippen MR) is 81.4 cm³/mol. The van der Waals surface area contributed by atoms with Crippen LogP contribution in [0, 0.1) is 0 Å². The highest BCUT2D eigenvalue weighted by Gasteiger charge is 2.30. The maximum Gasteiger partial charge on any atom is 0.254 e. The summed E-state index contributed by atoms with van der Waals surface area (Å²) in [5.74, 6) is 0.0950. The molecule has 0 spiro atoms. The van der Waals surface area contributed by atoms with Gasteiger partial charge in [0.05, 0.1) is 6.04 Å². The number of amides is 1. The lowest BCUT2D eigenvalue weighted by Crippen LogP contribution is -2.30. The predicted octanol–water partition coefficient (Wildman–Crippen LogP) is 3.82. The van der Waals surface area contributed by atoms with Crippen molar-refractivity contribution in [3.05, 3.63) is 64.4 Å². The van der Waals surface area contributed by atoms with E-state index in [1.807, 2.05) is 47.5 Å². The maximum atomic E-state index is 12.7. The van der Waals surface area contributed by atoms with E-state index in [2.05, 4.69) is 20.9 Å². The van der Waals surface area contributed by atoms with Crippen LogP contribution in [0.4, 0.5) is 0 Å². The van der Waals surface area contributed by atoms with E-state index in [1.54, 1.807) is 6.20 Å². The molecular formula is C16H15BrN2O. The number of hydrogen-bond donors (Lipinski definition) is 0. The van der Waals surface area contributed by atoms with E-state index < -0.39 is 0 Å². The number of carbonyl (C=O) groups is 1. The van der Waals surface area contributed by atoms with Gasteiger partial charge in [0.25, 0.3) is 5.91 Å². The third-order valence-electron chi connectivity index (χ3n) is 3.65. The average Bonchev–Trinajstić information content (AvgIpc) is 2.97. The number of pyridine rings is 1. The zero-order valence-corrected chi connectivity index (χ0v) is 12.6. The topological polar surface area (TPSA) is 33.2 Å². The SMILES string of the molecule is O=C(c1cccc(Br)c1)N1CCCC1c1cccnc1. The monoisotopic (exact) mass is 330 g/mol. The second-order valence-electron chi connectivity index (χ2n) is 4.95. The number of rotatable bonds is 2. The highest BCUT2D eigenvalue weighted by atomic mass is 79.9. The Labute approximate surface area is 126 Å². The van der Waals surface area contributed by atoms with E-state index in [1.165, 1.54) is 0 Å². The van der Waals surface area contributed by atoms with E-state index in [-0.39, 0.29) is 11.9 Å². The van der Waals surface area contributed by atoms with E-state index in [0.29, 0.717) is 0 Å². The normalized spacial score (nSPS) is 18.2. The molecule has 1 aliphatic rings. The van der Waals surface area contributed by atoms with Gasteiger partial charge < -0.3 is 4.90 Å². The van der Waals surface area contributed by atoms with Crippen molar-refractivity contribution in [2.45, 2.75) is 18.9 Å². The van der Waals surface area contributed by atoms with Crippen LogP contribution in [-0.4, -0.2) is 22.3 Å². The van der Waals surface area contributed by atoms with Gasteiger partial charge in [-0.2, -0.15) is 0 Å². The fraction of sp³-hybridized carbons (Fsp3) is 0.250. The van der Waals surface area contributed by atoms with Gasteiger partial charge in [0.15, 0.2) is 0 Å². The van der Waals surface area contributed by atoms with E-state index in [0.717, 1.165) is 35.0 Å². The highest BCUT2D eigenvalue weighted by Crippen LogP contribution is 2.32. The van der Waals surface area contributed by atoms with Crippen molar-refractivity contribution in [2.24, 2.45) is 0 Å². The number of likely N-dealkylation sites (tertiary alicyclic amines) is 1. The molecule has 3 rings (SSSR count). The van der Waals surface area contributed by atoms with Gasteiger partial charge in [-0.3, -0.25) is 9.78 Å². The van der Waals surface area contributed by atoms with Crippen LogP contribution in [0.3, 0.4) is 0 Å². The third kappa shape index (κ3) is 2.61. The van der Waals surface area contributed by atoms with Crippen LogP contribution in [0.2, 0.25) is 0 Å². The molecule has 3 nitrogen and oxygen atoms in total. The Balaban J connectivity index is 1.87. The van der Waals surface area contributed by atoms with Crippen molar-refractivity contribution in [1.29, 1.82) is 0 Å². The first-order valence-corrected chi connectivity index (χ1v) is 7.51. The first-order chi connectivity index (χ1) is 9.75. The lowest BCUT2D eigenvalue weighted by molar-refractivity contribution is 0.0735. The van der Waals surface area contributed by atoms with Gasteiger partial charge >= 0.3 is 0 Å². The summed E-state index contributed by atoms with van der Waals surface area (Å²) in [6.07, 6.45) is 5.67. The average molecular weight is 331 g/mol. The van der Waals surface area contributed by atoms with Gasteiger partial charge in [0, 0.05) is 29.0 Å². The van der Waals surface area contributed by atoms with E-state index in [9.17, 15) is 4.79 Å². The molecule has 0 bridgehead atoms. The number of carbonyl (C=O) groups excluding carboxylic acids is 1. The Morgan fingerprint density at radius 2 is 2.20 bits per heavy atom. The Bertz CT molecular complexity index is 615. The summed E-state index contributed by atoms with van der Waals surface area (Å²) in [5.41, 5.74) is 1.85. The van der Waals surface area contributed by atoms with Crippen LogP contribution in [0.25, 0.3) is 0 Å². The lowest BCUT2D eigenvalue weighted by atomic mass is 10.1. The molecule has 1 amide bonds. The molecule has 2 aromatic rings. The minimum absolute atomic E-state index is 0.0950. The van der Waals surface area contributed by atoms with E-state index >= 15 is 0 Å². The molecule has 2 heterocycles. The van der Waals surface area contributed by atoms with Crippen molar-refractivity contribution in [3.63, 3.8) is 0 Å². The Kier molecular flexibility index (Phi) is 3.83. The summed E-state index contributed by atoms with van der Waals surface area (Å²) in [6.45, 7) is 0.810. The Morgan fingerprint density at radius 1 is 1.30 bits per heavy atom. The molecule has 0 N–H and O–H groups in total. The molecule has 1 fully saturated rings. The molecule has 0 radical (unpaired) electrons. The van der Waals surface area contributed by atoms with E-state index in [4.69, 9.17) is 0 Å². The minimum atomic E-state index is 0.0950. The van der Waals surface area contributed by atoms with Gasteiger partial charge in [-0.1, -0.05) is 28.1 Å². The number of hydrogen-bond acceptors (Lipinski definition) is 2. The number of aromatic nitrogens is 1. The number of benzene rings is 1. The lowest BCUT2D eigenvalue weighted by Gasteiger charge is -2.25. The Morgan fingerprint density at radius 3 is 2.95 bits per heavy atom. The molecule has 0 aliphatic carbocycles. The third-order valence-corrected chi connectivity index (χ3v) is 4.15. The fourth-order valence-corrected chi connectivity index (χ4v) is 3.12. The van der Waals surface area contributed by atoms with Crippen LogP contribution in [-0.2, 0) is 0 Å². The maximum absolute atomic E-state index is 12.7. The summed E-state index contributed by atoms with van der Waals surface area (Å²) in [4.78, 5) is 18.8. The first-order valence-electron chi connectivity index (χ1n) is 6.72. The second-order valence-corrected chi connectivity index (χ2v) is 5.87. The smallest absolute Gasteiger partial charge is 0.254 e. The van der Waals surface area contributed by atoms with Crippen LogP contribution in [0.5, 0.6) is 0 Å². The largest absolute Gasteiger partial charge is 0.332 e. The first kappa shape index (κ1) is 13.3. The molecule has 0 saturated carbocycles. The standard InChI is InChI=1S/C16H15BrN2O/c17-14-6-1-4-12(10-14)16(20)19-9-3-7-15(19)13-5-2-8-18-11-13/h1-2,4-6,8,10-11,15H,3,7,9H2. The van der Waals surface area contributed by atoms with Gasteiger partial charge in [-0.25, -0.2) is 0 Å². The number of nitrogens with zero attached hydrogens (tertiary/aromatic N) is 2. The van der Waals surface area contributed by atoms with Gasteiger partial charge in [-0.15, -0.1) is 0 Å². The number of halogens is 1. The van der Waals surface area contributed by atoms with Crippen LogP contribution in [0.1, 0.15) is 34.8 Å².